The molecule has 232 valence electrons. The fraction of sp³-hybridized carbons (Fsp3) is 0.116. The van der Waals surface area contributed by atoms with Crippen molar-refractivity contribution in [3.63, 3.8) is 0 Å². The summed E-state index contributed by atoms with van der Waals surface area (Å²) in [5.41, 5.74) is 8.05. The van der Waals surface area contributed by atoms with E-state index in [1.54, 1.807) is 0 Å². The summed E-state index contributed by atoms with van der Waals surface area (Å²) in [6.07, 6.45) is 1.09. The fourth-order valence-electron chi connectivity index (χ4n) is 6.28. The molecule has 0 unspecified atom stereocenters. The number of benzene rings is 6. The number of halogens is 2. The second-order valence-electron chi connectivity index (χ2n) is 11.5. The zero-order valence-electron chi connectivity index (χ0n) is 27.3. The molecule has 0 spiro atoms. The van der Waals surface area contributed by atoms with E-state index >= 15 is 0 Å². The van der Waals surface area contributed by atoms with Gasteiger partial charge in [0, 0.05) is 9.52 Å². The van der Waals surface area contributed by atoms with Gasteiger partial charge >= 0.3 is 37.9 Å². The van der Waals surface area contributed by atoms with Crippen LogP contribution in [-0.4, -0.2) is 9.52 Å². The third-order valence-electron chi connectivity index (χ3n) is 8.27. The van der Waals surface area contributed by atoms with Gasteiger partial charge in [-0.2, -0.15) is 12.1 Å². The normalized spacial score (nSPS) is 10.4. The Bertz CT molecular complexity index is 2200. The zero-order valence-corrected chi connectivity index (χ0v) is 32.3. The van der Waals surface area contributed by atoms with Gasteiger partial charge in [0.1, 0.15) is 0 Å². The summed E-state index contributed by atoms with van der Waals surface area (Å²) >= 11 is -0.826. The van der Waals surface area contributed by atoms with Crippen LogP contribution in [0.1, 0.15) is 18.1 Å². The molecule has 2 radical (unpaired) electrons. The molecule has 0 bridgehead atoms. The molecule has 8 aromatic rings. The van der Waals surface area contributed by atoms with Gasteiger partial charge in [0.05, 0.1) is 0 Å². The molecular formula is C43H38Cl2SiZr. The first-order valence-corrected chi connectivity index (χ1v) is 24.2. The fourth-order valence-corrected chi connectivity index (χ4v) is 6.28. The van der Waals surface area contributed by atoms with Crippen LogP contribution in [0.5, 0.6) is 0 Å². The van der Waals surface area contributed by atoms with Gasteiger partial charge in [0.2, 0.25) is 0 Å². The van der Waals surface area contributed by atoms with E-state index in [4.69, 9.17) is 17.0 Å². The Labute approximate surface area is 300 Å². The maximum absolute atomic E-state index is 4.93. The van der Waals surface area contributed by atoms with Gasteiger partial charge in [0.15, 0.2) is 0 Å². The molecule has 0 atom stereocenters. The molecule has 0 heterocycles. The first kappa shape index (κ1) is 35.1. The number of aryl methyl sites for hydroxylation is 2. The van der Waals surface area contributed by atoms with Gasteiger partial charge in [-0.15, -0.1) is 69.1 Å². The van der Waals surface area contributed by atoms with E-state index in [9.17, 15) is 0 Å². The minimum atomic E-state index is -0.826. The van der Waals surface area contributed by atoms with Crippen molar-refractivity contribution in [2.24, 2.45) is 0 Å². The van der Waals surface area contributed by atoms with Gasteiger partial charge < -0.3 is 0 Å². The van der Waals surface area contributed by atoms with Crippen LogP contribution in [0, 0.1) is 6.92 Å². The van der Waals surface area contributed by atoms with Crippen molar-refractivity contribution in [1.82, 2.24) is 0 Å². The summed E-state index contributed by atoms with van der Waals surface area (Å²) in [5.74, 6) is 0. The standard InChI is InChI=1S/C21H17.C20H15.C2H6Si.2ClH.Zr/c1-2-15-13-17-9-6-12-20(21(17)14-15)19-11-5-8-16-7-3-4-10-18(16)19;1-14-12-16-8-5-11-19(20(16)13-14)18-10-4-7-15-6-2-3-9-17(15)18;1-3-2;;;/h3-14H,2H2,1H3;2-13H,1H3;1-2H3;2*1H;/q2*-1;;;;+4/p-2. The Morgan fingerprint density at radius 3 is 1.40 bits per heavy atom. The van der Waals surface area contributed by atoms with E-state index in [-0.39, 0.29) is 0 Å². The average Bonchev–Trinajstić information content (AvgIpc) is 3.71. The van der Waals surface area contributed by atoms with E-state index in [1.807, 2.05) is 0 Å². The number of hydrogen-bond acceptors (Lipinski definition) is 0. The summed E-state index contributed by atoms with van der Waals surface area (Å²) in [6.45, 7) is 8.68. The Morgan fingerprint density at radius 1 is 0.532 bits per heavy atom. The van der Waals surface area contributed by atoms with Crippen molar-refractivity contribution in [2.75, 3.05) is 0 Å². The molecule has 4 heteroatoms. The molecule has 8 aromatic carbocycles. The van der Waals surface area contributed by atoms with Crippen LogP contribution in [0.2, 0.25) is 13.1 Å². The Hall–Kier alpha value is -3.26. The van der Waals surface area contributed by atoms with Gasteiger partial charge in [-0.25, -0.2) is 0 Å². The van der Waals surface area contributed by atoms with Crippen LogP contribution >= 0.6 is 17.0 Å². The number of fused-ring (bicyclic) bond motifs is 4. The second kappa shape index (κ2) is 17.2. The Balaban J connectivity index is 0.000000159. The predicted molar refractivity (Wildman–Crippen MR) is 208 cm³/mol. The molecule has 0 aliphatic heterocycles. The Kier molecular flexibility index (Phi) is 12.9. The van der Waals surface area contributed by atoms with Crippen LogP contribution in [0.25, 0.3) is 65.3 Å². The molecule has 0 aliphatic carbocycles. The molecule has 0 amide bonds. The van der Waals surface area contributed by atoms with E-state index in [2.05, 4.69) is 173 Å². The van der Waals surface area contributed by atoms with Crippen LogP contribution in [0.4, 0.5) is 0 Å². The van der Waals surface area contributed by atoms with E-state index in [0.717, 1.165) is 15.9 Å². The molecular weight excluding hydrogens is 707 g/mol. The van der Waals surface area contributed by atoms with Gasteiger partial charge in [-0.05, 0) is 39.1 Å². The summed E-state index contributed by atoms with van der Waals surface area (Å²) in [4.78, 5) is 0. The van der Waals surface area contributed by atoms with Gasteiger partial charge in [0.25, 0.3) is 0 Å². The van der Waals surface area contributed by atoms with E-state index in [0.29, 0.717) is 0 Å². The van der Waals surface area contributed by atoms with Gasteiger partial charge in [-0.1, -0.05) is 135 Å². The van der Waals surface area contributed by atoms with Crippen molar-refractivity contribution < 1.29 is 20.8 Å². The molecule has 0 aromatic heterocycles. The first-order valence-electron chi connectivity index (χ1n) is 15.9. The maximum atomic E-state index is 4.93. The van der Waals surface area contributed by atoms with Gasteiger partial charge in [-0.3, -0.25) is 0 Å². The molecule has 47 heavy (non-hydrogen) atoms. The summed E-state index contributed by atoms with van der Waals surface area (Å²) in [7, 11) is 11.0. The van der Waals surface area contributed by atoms with Crippen molar-refractivity contribution in [2.45, 2.75) is 33.4 Å². The monoisotopic (exact) mass is 742 g/mol. The zero-order chi connectivity index (χ0) is 33.2. The third kappa shape index (κ3) is 8.25. The SMILES string of the molecule is CCc1cc2c(-c3cccc4ccccc34)cccc2[cH-]1.C[Si]C.Cc1cc2c(-c3cccc4ccccc34)cccc2[cH-]1.[Cl][Zr+2][Cl]. The molecule has 0 saturated heterocycles. The quantitative estimate of drug-likeness (QED) is 0.125. The first-order chi connectivity index (χ1) is 23.0. The number of hydrogen-bond donors (Lipinski definition) is 0. The Morgan fingerprint density at radius 2 is 0.915 bits per heavy atom. The van der Waals surface area contributed by atoms with Crippen molar-refractivity contribution >= 4 is 69.6 Å². The molecule has 0 nitrogen and oxygen atoms in total. The van der Waals surface area contributed by atoms with Crippen LogP contribution in [0.3, 0.4) is 0 Å². The van der Waals surface area contributed by atoms with E-state index < -0.39 is 20.8 Å². The molecule has 0 fully saturated rings. The predicted octanol–water partition coefficient (Wildman–Crippen LogP) is 13.8. The van der Waals surface area contributed by atoms with Crippen LogP contribution in [-0.2, 0) is 27.3 Å². The molecule has 0 saturated carbocycles. The summed E-state index contributed by atoms with van der Waals surface area (Å²) in [6, 6.07) is 52.7. The second-order valence-corrected chi connectivity index (χ2v) is 16.2. The van der Waals surface area contributed by atoms with Crippen LogP contribution < -0.4 is 0 Å². The van der Waals surface area contributed by atoms with E-state index in [1.165, 1.54) is 76.5 Å². The van der Waals surface area contributed by atoms with Crippen molar-refractivity contribution in [3.8, 4) is 22.3 Å². The topological polar surface area (TPSA) is 0 Å². The van der Waals surface area contributed by atoms with Crippen molar-refractivity contribution in [3.05, 3.63) is 157 Å². The third-order valence-corrected chi connectivity index (χ3v) is 8.27. The number of rotatable bonds is 3. The molecule has 0 N–H and O–H groups in total. The minimum absolute atomic E-state index is 0.826. The molecule has 0 aliphatic rings. The van der Waals surface area contributed by atoms with Crippen LogP contribution in [0.15, 0.2) is 146 Å². The molecule has 8 rings (SSSR count). The van der Waals surface area contributed by atoms with Crippen molar-refractivity contribution in [1.29, 1.82) is 0 Å². The summed E-state index contributed by atoms with van der Waals surface area (Å²) in [5, 5.41) is 10.6. The summed E-state index contributed by atoms with van der Waals surface area (Å²) < 4.78 is 0. The average molecular weight is 745 g/mol.